The van der Waals surface area contributed by atoms with Crippen molar-refractivity contribution in [3.63, 3.8) is 0 Å². The fourth-order valence-electron chi connectivity index (χ4n) is 2.75. The predicted octanol–water partition coefficient (Wildman–Crippen LogP) is 2.66. The molecule has 134 valence electrons. The van der Waals surface area contributed by atoms with Gasteiger partial charge in [-0.05, 0) is 41.1 Å². The molecule has 0 radical (unpaired) electrons. The second-order valence-electron chi connectivity index (χ2n) is 5.97. The quantitative estimate of drug-likeness (QED) is 0.518. The van der Waals surface area contributed by atoms with Crippen LogP contribution in [0.1, 0.15) is 10.4 Å². The molecule has 0 saturated carbocycles. The second kappa shape index (κ2) is 7.65. The Kier molecular flexibility index (Phi) is 4.74. The highest BCUT2D eigenvalue weighted by atomic mass is 16.1. The molecule has 27 heavy (non-hydrogen) atoms. The van der Waals surface area contributed by atoms with Gasteiger partial charge in [0.15, 0.2) is 5.82 Å². The zero-order chi connectivity index (χ0) is 18.5. The number of carbonyl (C=O) groups is 1. The van der Waals surface area contributed by atoms with E-state index in [1.54, 1.807) is 17.1 Å². The molecule has 4 rings (SSSR count). The van der Waals surface area contributed by atoms with Gasteiger partial charge in [-0.1, -0.05) is 30.3 Å². The first-order valence-corrected chi connectivity index (χ1v) is 8.64. The normalized spacial score (nSPS) is 10.7. The van der Waals surface area contributed by atoms with Gasteiger partial charge in [0.1, 0.15) is 5.82 Å². The largest absolute Gasteiger partial charge is 0.367 e. The van der Waals surface area contributed by atoms with Crippen LogP contribution in [-0.2, 0) is 0 Å². The van der Waals surface area contributed by atoms with Crippen LogP contribution in [0.3, 0.4) is 0 Å². The first-order chi connectivity index (χ1) is 13.3. The number of benzene rings is 2. The van der Waals surface area contributed by atoms with Gasteiger partial charge in [-0.3, -0.25) is 4.79 Å². The fraction of sp³-hybridized carbons (Fsp3) is 0.100. The van der Waals surface area contributed by atoms with E-state index >= 15 is 0 Å². The minimum atomic E-state index is -0.0948. The number of nitrogens with zero attached hydrogens (tertiary/aromatic N) is 4. The number of amides is 1. The summed E-state index contributed by atoms with van der Waals surface area (Å²) in [6.07, 6.45) is 3.49. The van der Waals surface area contributed by atoms with E-state index in [1.165, 1.54) is 0 Å². The Balaban J connectivity index is 1.28. The molecular weight excluding hydrogens is 340 g/mol. The highest BCUT2D eigenvalue weighted by Gasteiger charge is 2.06. The molecule has 2 aromatic carbocycles. The SMILES string of the molecule is O=C(NCCNc1ccc(-n2cccn2)nn1)c1ccc2ccccc2c1. The number of hydrogen-bond donors (Lipinski definition) is 2. The van der Waals surface area contributed by atoms with Crippen LogP contribution in [0.25, 0.3) is 16.6 Å². The summed E-state index contributed by atoms with van der Waals surface area (Å²) >= 11 is 0. The first-order valence-electron chi connectivity index (χ1n) is 8.64. The third-order valence-electron chi connectivity index (χ3n) is 4.12. The second-order valence-corrected chi connectivity index (χ2v) is 5.97. The molecule has 0 unspecified atom stereocenters. The Bertz CT molecular complexity index is 1040. The summed E-state index contributed by atoms with van der Waals surface area (Å²) in [5, 5.41) is 20.5. The Morgan fingerprint density at radius 3 is 2.59 bits per heavy atom. The zero-order valence-electron chi connectivity index (χ0n) is 14.5. The van der Waals surface area contributed by atoms with E-state index in [0.29, 0.717) is 30.3 Å². The van der Waals surface area contributed by atoms with E-state index in [9.17, 15) is 4.79 Å². The summed E-state index contributed by atoms with van der Waals surface area (Å²) in [5.74, 6) is 1.20. The maximum Gasteiger partial charge on any atom is 0.251 e. The Hall–Kier alpha value is -3.74. The Morgan fingerprint density at radius 1 is 0.926 bits per heavy atom. The highest BCUT2D eigenvalue weighted by molar-refractivity contribution is 5.98. The molecule has 1 amide bonds. The van der Waals surface area contributed by atoms with Crippen LogP contribution in [0.2, 0.25) is 0 Å². The van der Waals surface area contributed by atoms with E-state index in [2.05, 4.69) is 25.9 Å². The molecule has 0 bridgehead atoms. The van der Waals surface area contributed by atoms with Crippen molar-refractivity contribution in [2.75, 3.05) is 18.4 Å². The average molecular weight is 358 g/mol. The molecule has 7 nitrogen and oxygen atoms in total. The van der Waals surface area contributed by atoms with E-state index in [-0.39, 0.29) is 5.91 Å². The smallest absolute Gasteiger partial charge is 0.251 e. The molecule has 2 heterocycles. The number of anilines is 1. The van der Waals surface area contributed by atoms with Gasteiger partial charge in [-0.25, -0.2) is 4.68 Å². The lowest BCUT2D eigenvalue weighted by Gasteiger charge is -2.08. The number of fused-ring (bicyclic) bond motifs is 1. The van der Waals surface area contributed by atoms with Gasteiger partial charge in [0.05, 0.1) is 0 Å². The van der Waals surface area contributed by atoms with Gasteiger partial charge in [-0.15, -0.1) is 10.2 Å². The summed E-state index contributed by atoms with van der Waals surface area (Å²) in [5.41, 5.74) is 0.650. The average Bonchev–Trinajstić information content (AvgIpc) is 3.26. The third-order valence-corrected chi connectivity index (χ3v) is 4.12. The minimum Gasteiger partial charge on any atom is -0.367 e. The van der Waals surface area contributed by atoms with E-state index in [0.717, 1.165) is 10.8 Å². The molecule has 2 N–H and O–H groups in total. The standard InChI is InChI=1S/C20H18N6O/c27-20(17-7-6-15-4-1-2-5-16(15)14-17)22-12-11-21-18-8-9-19(25-24-18)26-13-3-10-23-26/h1-10,13-14H,11-12H2,(H,21,24)(H,22,27). The van der Waals surface area contributed by atoms with Crippen LogP contribution in [0.5, 0.6) is 0 Å². The molecule has 0 aliphatic carbocycles. The van der Waals surface area contributed by atoms with Crippen molar-refractivity contribution in [1.82, 2.24) is 25.3 Å². The van der Waals surface area contributed by atoms with Crippen LogP contribution in [0, 0.1) is 0 Å². The van der Waals surface area contributed by atoms with Gasteiger partial charge in [-0.2, -0.15) is 5.10 Å². The molecule has 0 saturated heterocycles. The minimum absolute atomic E-state index is 0.0948. The van der Waals surface area contributed by atoms with Crippen molar-refractivity contribution in [1.29, 1.82) is 0 Å². The third kappa shape index (κ3) is 3.92. The monoisotopic (exact) mass is 358 g/mol. The van der Waals surface area contributed by atoms with Crippen molar-refractivity contribution in [3.8, 4) is 5.82 Å². The molecule has 0 atom stereocenters. The van der Waals surface area contributed by atoms with Crippen molar-refractivity contribution in [2.45, 2.75) is 0 Å². The zero-order valence-corrected chi connectivity index (χ0v) is 14.5. The van der Waals surface area contributed by atoms with Gasteiger partial charge in [0.2, 0.25) is 0 Å². The molecule has 7 heteroatoms. The number of carbonyl (C=O) groups excluding carboxylic acids is 1. The molecule has 0 aliphatic rings. The molecule has 2 aromatic heterocycles. The maximum absolute atomic E-state index is 12.3. The molecule has 0 aliphatic heterocycles. The number of aromatic nitrogens is 4. The van der Waals surface area contributed by atoms with Crippen molar-refractivity contribution in [3.05, 3.63) is 78.6 Å². The van der Waals surface area contributed by atoms with Crippen molar-refractivity contribution < 1.29 is 4.79 Å². The van der Waals surface area contributed by atoms with Gasteiger partial charge < -0.3 is 10.6 Å². The van der Waals surface area contributed by atoms with E-state index in [4.69, 9.17) is 0 Å². The van der Waals surface area contributed by atoms with Crippen LogP contribution < -0.4 is 10.6 Å². The first kappa shape index (κ1) is 16.7. The Morgan fingerprint density at radius 2 is 1.81 bits per heavy atom. The number of hydrogen-bond acceptors (Lipinski definition) is 5. The van der Waals surface area contributed by atoms with Crippen LogP contribution in [-0.4, -0.2) is 39.0 Å². The lowest BCUT2D eigenvalue weighted by molar-refractivity contribution is 0.0955. The lowest BCUT2D eigenvalue weighted by atomic mass is 10.1. The number of nitrogens with one attached hydrogen (secondary N) is 2. The van der Waals surface area contributed by atoms with Crippen LogP contribution >= 0.6 is 0 Å². The summed E-state index contributed by atoms with van der Waals surface area (Å²) in [6, 6.07) is 19.2. The van der Waals surface area contributed by atoms with Gasteiger partial charge >= 0.3 is 0 Å². The highest BCUT2D eigenvalue weighted by Crippen LogP contribution is 2.15. The van der Waals surface area contributed by atoms with Crippen LogP contribution in [0.4, 0.5) is 5.82 Å². The van der Waals surface area contributed by atoms with Crippen molar-refractivity contribution >= 4 is 22.5 Å². The molecule has 0 fully saturated rings. The predicted molar refractivity (Wildman–Crippen MR) is 104 cm³/mol. The van der Waals surface area contributed by atoms with E-state index < -0.39 is 0 Å². The fourth-order valence-corrected chi connectivity index (χ4v) is 2.75. The Labute approximate surface area is 156 Å². The van der Waals surface area contributed by atoms with Gasteiger partial charge in [0.25, 0.3) is 5.91 Å². The number of rotatable bonds is 6. The summed E-state index contributed by atoms with van der Waals surface area (Å²) in [7, 11) is 0. The topological polar surface area (TPSA) is 84.7 Å². The lowest BCUT2D eigenvalue weighted by Crippen LogP contribution is -2.28. The van der Waals surface area contributed by atoms with E-state index in [1.807, 2.05) is 60.7 Å². The summed E-state index contributed by atoms with van der Waals surface area (Å²) in [6.45, 7) is 1.03. The van der Waals surface area contributed by atoms with Crippen molar-refractivity contribution in [2.24, 2.45) is 0 Å². The molecule has 0 spiro atoms. The summed E-state index contributed by atoms with van der Waals surface area (Å²) in [4.78, 5) is 12.3. The van der Waals surface area contributed by atoms with Gasteiger partial charge in [0, 0.05) is 31.0 Å². The summed E-state index contributed by atoms with van der Waals surface area (Å²) < 4.78 is 1.64. The maximum atomic E-state index is 12.3. The molecule has 4 aromatic rings. The molecular formula is C20H18N6O. The van der Waals surface area contributed by atoms with Crippen LogP contribution in [0.15, 0.2) is 73.1 Å².